The fourth-order valence-corrected chi connectivity index (χ4v) is 3.84. The first-order valence-corrected chi connectivity index (χ1v) is 10.2. The molecule has 0 atom stereocenters. The van der Waals surface area contributed by atoms with Crippen LogP contribution in [0.15, 0.2) is 48.5 Å². The van der Waals surface area contributed by atoms with Crippen molar-refractivity contribution < 1.29 is 19.1 Å². The van der Waals surface area contributed by atoms with E-state index in [2.05, 4.69) is 10.2 Å². The Bertz CT molecular complexity index is 860. The third-order valence-corrected chi connectivity index (χ3v) is 5.53. The quantitative estimate of drug-likeness (QED) is 0.730. The molecule has 1 fully saturated rings. The maximum Gasteiger partial charge on any atom is 0.251 e. The summed E-state index contributed by atoms with van der Waals surface area (Å²) in [5.41, 5.74) is 1.38. The van der Waals surface area contributed by atoms with Crippen LogP contribution in [0.25, 0.3) is 0 Å². The minimum absolute atomic E-state index is 0.0739. The lowest BCUT2D eigenvalue weighted by Gasteiger charge is -2.32. The second-order valence-corrected chi connectivity index (χ2v) is 7.55. The van der Waals surface area contributed by atoms with E-state index in [1.54, 1.807) is 18.2 Å². The number of carbonyl (C=O) groups is 2. The van der Waals surface area contributed by atoms with Crippen molar-refractivity contribution in [3.05, 3.63) is 59.7 Å². The SMILES string of the molecule is O=C(CCCN1CCC(NC(=O)c2ccc3c(c2)OCO3)CC1)c1ccccc1. The van der Waals surface area contributed by atoms with Crippen LogP contribution < -0.4 is 14.8 Å². The number of piperidine rings is 1. The first-order valence-electron chi connectivity index (χ1n) is 10.2. The Hall–Kier alpha value is -2.86. The van der Waals surface area contributed by atoms with Crippen molar-refractivity contribution in [2.75, 3.05) is 26.4 Å². The maximum absolute atomic E-state index is 12.5. The zero-order chi connectivity index (χ0) is 20.1. The number of rotatable bonds is 7. The number of amides is 1. The highest BCUT2D eigenvalue weighted by atomic mass is 16.7. The lowest BCUT2D eigenvalue weighted by Crippen LogP contribution is -2.44. The van der Waals surface area contributed by atoms with Gasteiger partial charge in [-0.25, -0.2) is 0 Å². The lowest BCUT2D eigenvalue weighted by atomic mass is 10.0. The molecule has 0 aliphatic carbocycles. The molecular formula is C23H26N2O4. The number of benzene rings is 2. The van der Waals surface area contributed by atoms with Crippen molar-refractivity contribution in [2.24, 2.45) is 0 Å². The number of hydrogen-bond donors (Lipinski definition) is 1. The third kappa shape index (κ3) is 4.95. The van der Waals surface area contributed by atoms with Crippen LogP contribution in [0.4, 0.5) is 0 Å². The number of fused-ring (bicyclic) bond motifs is 1. The van der Waals surface area contributed by atoms with Gasteiger partial charge in [0.25, 0.3) is 5.91 Å². The van der Waals surface area contributed by atoms with Gasteiger partial charge in [0.1, 0.15) is 0 Å². The predicted molar refractivity (Wildman–Crippen MR) is 109 cm³/mol. The molecular weight excluding hydrogens is 368 g/mol. The van der Waals surface area contributed by atoms with Crippen LogP contribution >= 0.6 is 0 Å². The van der Waals surface area contributed by atoms with Gasteiger partial charge in [0.2, 0.25) is 6.79 Å². The van der Waals surface area contributed by atoms with Crippen LogP contribution in [0.3, 0.4) is 0 Å². The van der Waals surface area contributed by atoms with Crippen molar-refractivity contribution in [2.45, 2.75) is 31.7 Å². The van der Waals surface area contributed by atoms with Gasteiger partial charge in [0.15, 0.2) is 17.3 Å². The molecule has 0 unspecified atom stereocenters. The number of nitrogens with one attached hydrogen (secondary N) is 1. The summed E-state index contributed by atoms with van der Waals surface area (Å²) in [6.45, 7) is 2.99. The smallest absolute Gasteiger partial charge is 0.251 e. The van der Waals surface area contributed by atoms with Gasteiger partial charge in [-0.3, -0.25) is 9.59 Å². The number of nitrogens with zero attached hydrogens (tertiary/aromatic N) is 1. The molecule has 1 N–H and O–H groups in total. The van der Waals surface area contributed by atoms with Crippen LogP contribution in [0.1, 0.15) is 46.4 Å². The Kier molecular flexibility index (Phi) is 6.10. The second-order valence-electron chi connectivity index (χ2n) is 7.55. The third-order valence-electron chi connectivity index (χ3n) is 5.53. The zero-order valence-electron chi connectivity index (χ0n) is 16.4. The lowest BCUT2D eigenvalue weighted by molar-refractivity contribution is 0.0903. The molecule has 2 aliphatic heterocycles. The van der Waals surface area contributed by atoms with Gasteiger partial charge in [-0.15, -0.1) is 0 Å². The van der Waals surface area contributed by atoms with Gasteiger partial charge in [0, 0.05) is 36.7 Å². The van der Waals surface area contributed by atoms with Crippen molar-refractivity contribution in [1.29, 1.82) is 0 Å². The van der Waals surface area contributed by atoms with E-state index in [-0.39, 0.29) is 24.5 Å². The van der Waals surface area contributed by atoms with Gasteiger partial charge in [-0.05, 0) is 44.0 Å². The molecule has 1 amide bonds. The van der Waals surface area contributed by atoms with Gasteiger partial charge < -0.3 is 19.7 Å². The molecule has 0 radical (unpaired) electrons. The number of carbonyl (C=O) groups excluding carboxylic acids is 2. The molecule has 2 aliphatic rings. The Labute approximate surface area is 170 Å². The molecule has 2 aromatic carbocycles. The average Bonchev–Trinajstić information content (AvgIpc) is 3.23. The molecule has 0 saturated carbocycles. The normalized spacial score (nSPS) is 16.6. The standard InChI is InChI=1S/C23H26N2O4/c26-20(17-5-2-1-3-6-17)7-4-12-25-13-10-19(11-14-25)24-23(27)18-8-9-21-22(15-18)29-16-28-21/h1-3,5-6,8-9,15,19H,4,7,10-14,16H2,(H,24,27). The van der Waals surface area contributed by atoms with E-state index in [1.807, 2.05) is 30.3 Å². The van der Waals surface area contributed by atoms with Gasteiger partial charge in [-0.1, -0.05) is 30.3 Å². The fraction of sp³-hybridized carbons (Fsp3) is 0.391. The molecule has 0 bridgehead atoms. The van der Waals surface area contributed by atoms with Crippen molar-refractivity contribution in [3.63, 3.8) is 0 Å². The molecule has 0 spiro atoms. The second kappa shape index (κ2) is 9.09. The summed E-state index contributed by atoms with van der Waals surface area (Å²) < 4.78 is 10.6. The van der Waals surface area contributed by atoms with Crippen LogP contribution in [0.2, 0.25) is 0 Å². The minimum Gasteiger partial charge on any atom is -0.454 e. The molecule has 6 heteroatoms. The number of Topliss-reactive ketones (excluding diaryl/α,β-unsaturated/α-hetero) is 1. The highest BCUT2D eigenvalue weighted by Crippen LogP contribution is 2.32. The molecule has 152 valence electrons. The first kappa shape index (κ1) is 19.5. The molecule has 0 aromatic heterocycles. The summed E-state index contributed by atoms with van der Waals surface area (Å²) in [6.07, 6.45) is 3.28. The molecule has 1 saturated heterocycles. The maximum atomic E-state index is 12.5. The number of ether oxygens (including phenoxy) is 2. The molecule has 6 nitrogen and oxygen atoms in total. The number of likely N-dealkylation sites (tertiary alicyclic amines) is 1. The predicted octanol–water partition coefficient (Wildman–Crippen LogP) is 3.27. The summed E-state index contributed by atoms with van der Waals surface area (Å²) in [6, 6.07) is 14.9. The Morgan fingerprint density at radius 1 is 0.966 bits per heavy atom. The van der Waals surface area contributed by atoms with Crippen molar-refractivity contribution in [1.82, 2.24) is 10.2 Å². The number of ketones is 1. The Balaban J connectivity index is 1.18. The van der Waals surface area contributed by atoms with E-state index in [0.29, 0.717) is 23.5 Å². The first-order chi connectivity index (χ1) is 14.2. The van der Waals surface area contributed by atoms with Gasteiger partial charge in [-0.2, -0.15) is 0 Å². The van der Waals surface area contributed by atoms with E-state index in [4.69, 9.17) is 9.47 Å². The van der Waals surface area contributed by atoms with Crippen molar-refractivity contribution in [3.8, 4) is 11.5 Å². The van der Waals surface area contributed by atoms with Crippen LogP contribution in [0.5, 0.6) is 11.5 Å². The van der Waals surface area contributed by atoms with Crippen LogP contribution in [0, 0.1) is 0 Å². The van der Waals surface area contributed by atoms with E-state index < -0.39 is 0 Å². The Morgan fingerprint density at radius 3 is 2.52 bits per heavy atom. The minimum atomic E-state index is -0.0739. The van der Waals surface area contributed by atoms with Crippen LogP contribution in [-0.2, 0) is 0 Å². The average molecular weight is 394 g/mol. The van der Waals surface area contributed by atoms with Gasteiger partial charge in [0.05, 0.1) is 0 Å². The summed E-state index contributed by atoms with van der Waals surface area (Å²) in [5, 5.41) is 3.13. The van der Waals surface area contributed by atoms with Crippen LogP contribution in [-0.4, -0.2) is 49.1 Å². The summed E-state index contributed by atoms with van der Waals surface area (Å²) in [4.78, 5) is 27.1. The summed E-state index contributed by atoms with van der Waals surface area (Å²) in [5.74, 6) is 1.44. The molecule has 2 heterocycles. The zero-order valence-corrected chi connectivity index (χ0v) is 16.4. The topological polar surface area (TPSA) is 67.9 Å². The van der Waals surface area contributed by atoms with Crippen molar-refractivity contribution >= 4 is 11.7 Å². The summed E-state index contributed by atoms with van der Waals surface area (Å²) in [7, 11) is 0. The molecule has 4 rings (SSSR count). The molecule has 29 heavy (non-hydrogen) atoms. The number of hydrogen-bond acceptors (Lipinski definition) is 5. The monoisotopic (exact) mass is 394 g/mol. The molecule has 2 aromatic rings. The van der Waals surface area contributed by atoms with E-state index >= 15 is 0 Å². The van der Waals surface area contributed by atoms with E-state index in [9.17, 15) is 9.59 Å². The van der Waals surface area contributed by atoms with E-state index in [0.717, 1.165) is 44.5 Å². The Morgan fingerprint density at radius 2 is 1.72 bits per heavy atom. The van der Waals surface area contributed by atoms with E-state index in [1.165, 1.54) is 0 Å². The summed E-state index contributed by atoms with van der Waals surface area (Å²) >= 11 is 0. The highest BCUT2D eigenvalue weighted by Gasteiger charge is 2.22. The largest absolute Gasteiger partial charge is 0.454 e. The highest BCUT2D eigenvalue weighted by molar-refractivity contribution is 5.96. The fourth-order valence-electron chi connectivity index (χ4n) is 3.84. The van der Waals surface area contributed by atoms with Gasteiger partial charge >= 0.3 is 0 Å².